The highest BCUT2D eigenvalue weighted by Crippen LogP contribution is 2.28. The summed E-state index contributed by atoms with van der Waals surface area (Å²) in [5.41, 5.74) is 6.64. The van der Waals surface area contributed by atoms with E-state index in [2.05, 4.69) is 10.3 Å². The lowest BCUT2D eigenvalue weighted by Gasteiger charge is -2.35. The van der Waals surface area contributed by atoms with Crippen LogP contribution in [0.25, 0.3) is 0 Å². The predicted molar refractivity (Wildman–Crippen MR) is 122 cm³/mol. The van der Waals surface area contributed by atoms with Crippen LogP contribution in [0, 0.1) is 0 Å². The fraction of sp³-hybridized carbons (Fsp3) is 0.588. The van der Waals surface area contributed by atoms with Crippen LogP contribution in [0.1, 0.15) is 19.3 Å². The van der Waals surface area contributed by atoms with Crippen LogP contribution in [-0.2, 0) is 10.2 Å². The minimum Gasteiger partial charge on any atom is -0.497 e. The van der Waals surface area contributed by atoms with Gasteiger partial charge < -0.3 is 20.5 Å². The zero-order chi connectivity index (χ0) is 20.0. The van der Waals surface area contributed by atoms with Gasteiger partial charge in [0, 0.05) is 32.7 Å². The molecule has 1 fully saturated rings. The van der Waals surface area contributed by atoms with Gasteiger partial charge in [-0.2, -0.15) is 17.0 Å². The molecule has 1 unspecified atom stereocenters. The van der Waals surface area contributed by atoms with Gasteiger partial charge in [0.2, 0.25) is 0 Å². The first-order valence-corrected chi connectivity index (χ1v) is 10.2. The number of halogens is 1. The van der Waals surface area contributed by atoms with E-state index in [0.29, 0.717) is 23.7 Å². The molecular weight excluding hydrogens is 497 g/mol. The molecule has 1 aromatic rings. The number of nitrogens with one attached hydrogen (secondary N) is 1. The van der Waals surface area contributed by atoms with Crippen LogP contribution in [0.4, 0.5) is 5.69 Å². The summed E-state index contributed by atoms with van der Waals surface area (Å²) >= 11 is 0. The largest absolute Gasteiger partial charge is 0.497 e. The van der Waals surface area contributed by atoms with E-state index < -0.39 is 10.2 Å². The highest BCUT2D eigenvalue weighted by atomic mass is 127. The van der Waals surface area contributed by atoms with Crippen LogP contribution >= 0.6 is 24.0 Å². The van der Waals surface area contributed by atoms with Crippen molar-refractivity contribution in [3.8, 4) is 11.5 Å². The Hall–Kier alpha value is -1.31. The van der Waals surface area contributed by atoms with Crippen molar-refractivity contribution in [1.82, 2.24) is 8.61 Å². The quantitative estimate of drug-likeness (QED) is 0.318. The summed E-state index contributed by atoms with van der Waals surface area (Å²) in [6, 6.07) is 5.09. The van der Waals surface area contributed by atoms with Gasteiger partial charge >= 0.3 is 0 Å². The molecule has 1 aliphatic rings. The van der Waals surface area contributed by atoms with Crippen molar-refractivity contribution in [2.75, 3.05) is 46.7 Å². The van der Waals surface area contributed by atoms with Crippen LogP contribution in [0.5, 0.6) is 11.5 Å². The molecule has 0 saturated carbocycles. The molecule has 0 bridgehead atoms. The molecule has 0 aromatic heterocycles. The standard InChI is InChI=1S/C17H29N5O4S.HI/c1-21(2)27(23,24)22-10-6-5-7-13(22)12-19-17(18)20-15-11-14(25-3)8-9-16(15)26-4;/h8-9,11,13H,5-7,10,12H2,1-4H3,(H3,18,19,20);1H. The third kappa shape index (κ3) is 6.09. The van der Waals surface area contributed by atoms with Crippen molar-refractivity contribution in [1.29, 1.82) is 0 Å². The molecule has 1 heterocycles. The highest BCUT2D eigenvalue weighted by molar-refractivity contribution is 14.0. The Morgan fingerprint density at radius 1 is 1.32 bits per heavy atom. The van der Waals surface area contributed by atoms with Gasteiger partial charge in [-0.25, -0.2) is 0 Å². The average Bonchev–Trinajstić information content (AvgIpc) is 2.66. The molecule has 2 rings (SSSR count). The van der Waals surface area contributed by atoms with Gasteiger partial charge in [-0.3, -0.25) is 4.99 Å². The van der Waals surface area contributed by atoms with Crippen molar-refractivity contribution in [2.24, 2.45) is 10.7 Å². The second-order valence-corrected chi connectivity index (χ2v) is 8.56. The van der Waals surface area contributed by atoms with Crippen molar-refractivity contribution < 1.29 is 17.9 Å². The Labute approximate surface area is 184 Å². The molecule has 0 radical (unpaired) electrons. The Kier molecular flexibility index (Phi) is 9.74. The Morgan fingerprint density at radius 2 is 2.04 bits per heavy atom. The lowest BCUT2D eigenvalue weighted by Crippen LogP contribution is -2.50. The predicted octanol–water partition coefficient (Wildman–Crippen LogP) is 1.71. The van der Waals surface area contributed by atoms with Crippen molar-refractivity contribution in [3.05, 3.63) is 18.2 Å². The molecule has 9 nitrogen and oxygen atoms in total. The number of methoxy groups -OCH3 is 2. The van der Waals surface area contributed by atoms with E-state index in [1.54, 1.807) is 32.4 Å². The number of hydrogen-bond acceptors (Lipinski definition) is 5. The van der Waals surface area contributed by atoms with E-state index in [1.165, 1.54) is 22.7 Å². The van der Waals surface area contributed by atoms with Crippen molar-refractivity contribution in [2.45, 2.75) is 25.3 Å². The average molecular weight is 527 g/mol. The molecule has 0 amide bonds. The normalized spacial score (nSPS) is 18.5. The summed E-state index contributed by atoms with van der Waals surface area (Å²) in [5, 5.41) is 3.00. The number of nitrogens with zero attached hydrogens (tertiary/aromatic N) is 3. The summed E-state index contributed by atoms with van der Waals surface area (Å²) in [5.74, 6) is 1.44. The van der Waals surface area contributed by atoms with Crippen molar-refractivity contribution >= 4 is 45.8 Å². The third-order valence-electron chi connectivity index (χ3n) is 4.47. The minimum atomic E-state index is -3.48. The number of rotatable bonds is 7. The molecule has 1 saturated heterocycles. The van der Waals surface area contributed by atoms with Gasteiger partial charge in [0.15, 0.2) is 5.96 Å². The Morgan fingerprint density at radius 3 is 2.64 bits per heavy atom. The second-order valence-electron chi connectivity index (χ2n) is 6.47. The first kappa shape index (κ1) is 24.7. The van der Waals surface area contributed by atoms with Crippen LogP contribution in [-0.4, -0.2) is 70.4 Å². The van der Waals surface area contributed by atoms with Crippen LogP contribution in [0.15, 0.2) is 23.2 Å². The molecule has 1 aliphatic heterocycles. The molecular formula is C17H30IN5O4S. The van der Waals surface area contributed by atoms with E-state index in [-0.39, 0.29) is 42.5 Å². The summed E-state index contributed by atoms with van der Waals surface area (Å²) < 4.78 is 38.3. The molecule has 3 N–H and O–H groups in total. The van der Waals surface area contributed by atoms with E-state index in [0.717, 1.165) is 19.3 Å². The highest BCUT2D eigenvalue weighted by Gasteiger charge is 2.33. The number of hydrogen-bond donors (Lipinski definition) is 2. The van der Waals surface area contributed by atoms with E-state index in [9.17, 15) is 8.42 Å². The number of ether oxygens (including phenoxy) is 2. The van der Waals surface area contributed by atoms with Crippen LogP contribution in [0.2, 0.25) is 0 Å². The van der Waals surface area contributed by atoms with Crippen molar-refractivity contribution in [3.63, 3.8) is 0 Å². The summed E-state index contributed by atoms with van der Waals surface area (Å²) in [6.45, 7) is 0.788. The van der Waals surface area contributed by atoms with Gasteiger partial charge in [-0.1, -0.05) is 6.42 Å². The molecule has 1 aromatic carbocycles. The molecule has 11 heteroatoms. The molecule has 1 atom stereocenters. The zero-order valence-electron chi connectivity index (χ0n) is 16.7. The minimum absolute atomic E-state index is 0. The molecule has 28 heavy (non-hydrogen) atoms. The lowest BCUT2D eigenvalue weighted by molar-refractivity contribution is 0.245. The van der Waals surface area contributed by atoms with Gasteiger partial charge in [0.25, 0.3) is 10.2 Å². The Bertz CT molecular complexity index is 773. The maximum absolute atomic E-state index is 12.5. The van der Waals surface area contributed by atoms with Crippen LogP contribution < -0.4 is 20.5 Å². The maximum Gasteiger partial charge on any atom is 0.281 e. The number of nitrogens with two attached hydrogens (primary N) is 1. The number of aliphatic imine (C=N–C) groups is 1. The second kappa shape index (κ2) is 11.0. The molecule has 0 spiro atoms. The smallest absolute Gasteiger partial charge is 0.281 e. The topological polar surface area (TPSA) is 109 Å². The van der Waals surface area contributed by atoms with E-state index in [1.807, 2.05) is 0 Å². The van der Waals surface area contributed by atoms with E-state index in [4.69, 9.17) is 15.2 Å². The lowest BCUT2D eigenvalue weighted by atomic mass is 10.1. The fourth-order valence-corrected chi connectivity index (χ4v) is 4.29. The fourth-order valence-electron chi connectivity index (χ4n) is 2.96. The van der Waals surface area contributed by atoms with Gasteiger partial charge in [-0.05, 0) is 25.0 Å². The number of piperidine rings is 1. The molecule has 160 valence electrons. The summed E-state index contributed by atoms with van der Waals surface area (Å²) in [4.78, 5) is 4.36. The monoisotopic (exact) mass is 527 g/mol. The van der Waals surface area contributed by atoms with Crippen LogP contribution in [0.3, 0.4) is 0 Å². The summed E-state index contributed by atoms with van der Waals surface area (Å²) in [7, 11) is 2.74. The zero-order valence-corrected chi connectivity index (χ0v) is 19.9. The van der Waals surface area contributed by atoms with E-state index >= 15 is 0 Å². The van der Waals surface area contributed by atoms with Gasteiger partial charge in [0.05, 0.1) is 26.5 Å². The number of guanidine groups is 1. The molecule has 0 aliphatic carbocycles. The maximum atomic E-state index is 12.5. The number of anilines is 1. The van der Waals surface area contributed by atoms with Gasteiger partial charge in [-0.15, -0.1) is 24.0 Å². The first-order chi connectivity index (χ1) is 12.8. The number of benzene rings is 1. The van der Waals surface area contributed by atoms with Gasteiger partial charge in [0.1, 0.15) is 11.5 Å². The SMILES string of the molecule is COc1ccc(OC)c(NC(N)=NCC2CCCCN2S(=O)(=O)N(C)C)c1.I. The Balaban J connectivity index is 0.00000392. The summed E-state index contributed by atoms with van der Waals surface area (Å²) in [6.07, 6.45) is 2.57. The third-order valence-corrected chi connectivity index (χ3v) is 6.47. The first-order valence-electron chi connectivity index (χ1n) is 8.78.